The van der Waals surface area contributed by atoms with Crippen LogP contribution in [0.15, 0.2) is 0 Å². The highest BCUT2D eigenvalue weighted by molar-refractivity contribution is 5.79. The lowest BCUT2D eigenvalue weighted by Gasteiger charge is -2.36. The van der Waals surface area contributed by atoms with Crippen LogP contribution in [0.25, 0.3) is 0 Å². The van der Waals surface area contributed by atoms with Crippen LogP contribution in [-0.2, 0) is 19.0 Å². The van der Waals surface area contributed by atoms with Gasteiger partial charge in [0, 0.05) is 38.8 Å². The second-order valence-electron chi connectivity index (χ2n) is 7.05. The van der Waals surface area contributed by atoms with Crippen molar-refractivity contribution in [3.63, 3.8) is 0 Å². The third-order valence-corrected chi connectivity index (χ3v) is 3.89. The fourth-order valence-electron chi connectivity index (χ4n) is 2.76. The average molecular weight is 328 g/mol. The normalized spacial score (nSPS) is 23.4. The molecule has 132 valence electrons. The van der Waals surface area contributed by atoms with Crippen molar-refractivity contribution in [2.45, 2.75) is 45.3 Å². The number of nitrogens with one attached hydrogen (secondary N) is 1. The summed E-state index contributed by atoms with van der Waals surface area (Å²) < 4.78 is 16.1. The van der Waals surface area contributed by atoms with Gasteiger partial charge in [0.25, 0.3) is 0 Å². The Hall–Kier alpha value is -1.34. The topological polar surface area (TPSA) is 77.1 Å². The molecule has 7 nitrogen and oxygen atoms in total. The quantitative estimate of drug-likeness (QED) is 0.841. The van der Waals surface area contributed by atoms with Crippen LogP contribution in [0.4, 0.5) is 4.79 Å². The zero-order valence-electron chi connectivity index (χ0n) is 14.3. The van der Waals surface area contributed by atoms with E-state index in [4.69, 9.17) is 14.2 Å². The Morgan fingerprint density at radius 3 is 2.57 bits per heavy atom. The molecule has 2 aliphatic heterocycles. The van der Waals surface area contributed by atoms with E-state index in [1.54, 1.807) is 0 Å². The van der Waals surface area contributed by atoms with Gasteiger partial charge in [-0.2, -0.15) is 0 Å². The Kier molecular flexibility index (Phi) is 6.24. The van der Waals surface area contributed by atoms with Crippen molar-refractivity contribution >= 4 is 12.0 Å². The van der Waals surface area contributed by atoms with Crippen LogP contribution >= 0.6 is 0 Å². The van der Waals surface area contributed by atoms with Gasteiger partial charge < -0.3 is 24.4 Å². The minimum atomic E-state index is -0.525. The molecule has 1 N–H and O–H groups in total. The fourth-order valence-corrected chi connectivity index (χ4v) is 2.76. The molecule has 1 unspecified atom stereocenters. The summed E-state index contributed by atoms with van der Waals surface area (Å²) in [5, 5.41) is 2.70. The molecule has 0 aromatic carbocycles. The van der Waals surface area contributed by atoms with Crippen LogP contribution in [0.5, 0.6) is 0 Å². The first kappa shape index (κ1) is 18.0. The van der Waals surface area contributed by atoms with Crippen molar-refractivity contribution < 1.29 is 23.8 Å². The van der Waals surface area contributed by atoms with E-state index in [0.29, 0.717) is 39.5 Å². The van der Waals surface area contributed by atoms with Gasteiger partial charge in [-0.05, 0) is 33.6 Å². The first-order valence-corrected chi connectivity index (χ1v) is 8.30. The van der Waals surface area contributed by atoms with Crippen LogP contribution in [-0.4, -0.2) is 68.1 Å². The van der Waals surface area contributed by atoms with Gasteiger partial charge in [-0.15, -0.1) is 0 Å². The maximum atomic E-state index is 12.5. The molecule has 0 bridgehead atoms. The van der Waals surface area contributed by atoms with E-state index in [2.05, 4.69) is 5.32 Å². The lowest BCUT2D eigenvalue weighted by molar-refractivity contribution is -0.145. The summed E-state index contributed by atoms with van der Waals surface area (Å²) in [6.07, 6.45) is 0.919. The summed E-state index contributed by atoms with van der Waals surface area (Å²) in [6, 6.07) is 0. The van der Waals surface area contributed by atoms with Crippen molar-refractivity contribution in [3.05, 3.63) is 0 Å². The molecule has 0 saturated carbocycles. The number of rotatable bonds is 3. The summed E-state index contributed by atoms with van der Waals surface area (Å²) >= 11 is 0. The third-order valence-electron chi connectivity index (χ3n) is 3.89. The smallest absolute Gasteiger partial charge is 0.407 e. The highest BCUT2D eigenvalue weighted by atomic mass is 16.6. The van der Waals surface area contributed by atoms with Crippen LogP contribution in [0.1, 0.15) is 33.6 Å². The number of amides is 2. The number of nitrogens with zero attached hydrogens (tertiary/aromatic N) is 1. The Bertz CT molecular complexity index is 415. The molecule has 2 fully saturated rings. The number of ether oxygens (including phenoxy) is 3. The standard InChI is InChI=1S/C16H28N2O5/c1-16(2,3)23-15(20)17-10-13-11-18(6-9-22-13)14(19)12-4-7-21-8-5-12/h12-13H,4-11H2,1-3H3,(H,17,20). The highest BCUT2D eigenvalue weighted by Gasteiger charge is 2.30. The van der Waals surface area contributed by atoms with Crippen LogP contribution in [0.2, 0.25) is 0 Å². The van der Waals surface area contributed by atoms with Gasteiger partial charge in [0.1, 0.15) is 5.60 Å². The SMILES string of the molecule is CC(C)(C)OC(=O)NCC1CN(C(=O)C2CCOCC2)CCO1. The van der Waals surface area contributed by atoms with E-state index in [9.17, 15) is 9.59 Å². The summed E-state index contributed by atoms with van der Waals surface area (Å²) in [5.41, 5.74) is -0.525. The monoisotopic (exact) mass is 328 g/mol. The summed E-state index contributed by atoms with van der Waals surface area (Å²) in [6.45, 7) is 8.72. The summed E-state index contributed by atoms with van der Waals surface area (Å²) in [7, 11) is 0. The molecule has 7 heteroatoms. The van der Waals surface area contributed by atoms with Gasteiger partial charge >= 0.3 is 6.09 Å². The predicted molar refractivity (Wildman–Crippen MR) is 84.1 cm³/mol. The minimum Gasteiger partial charge on any atom is -0.444 e. The molecule has 2 amide bonds. The zero-order chi connectivity index (χ0) is 16.9. The van der Waals surface area contributed by atoms with E-state index >= 15 is 0 Å². The van der Waals surface area contributed by atoms with Gasteiger partial charge in [0.05, 0.1) is 12.7 Å². The number of carbonyl (C=O) groups excluding carboxylic acids is 2. The maximum Gasteiger partial charge on any atom is 0.407 e. The zero-order valence-corrected chi connectivity index (χ0v) is 14.3. The van der Waals surface area contributed by atoms with Crippen LogP contribution < -0.4 is 5.32 Å². The lowest BCUT2D eigenvalue weighted by Crippen LogP contribution is -2.51. The third kappa shape index (κ3) is 5.99. The van der Waals surface area contributed by atoms with Crippen molar-refractivity contribution in [2.75, 3.05) is 39.5 Å². The van der Waals surface area contributed by atoms with E-state index in [0.717, 1.165) is 12.8 Å². The molecule has 0 radical (unpaired) electrons. The van der Waals surface area contributed by atoms with Crippen molar-refractivity contribution in [3.8, 4) is 0 Å². The molecule has 0 aromatic rings. The van der Waals surface area contributed by atoms with E-state index in [-0.39, 0.29) is 17.9 Å². The van der Waals surface area contributed by atoms with Gasteiger partial charge in [-0.25, -0.2) is 4.79 Å². The van der Waals surface area contributed by atoms with Crippen LogP contribution in [0.3, 0.4) is 0 Å². The molecule has 2 aliphatic rings. The largest absolute Gasteiger partial charge is 0.444 e. The molecule has 2 heterocycles. The number of hydrogen-bond donors (Lipinski definition) is 1. The average Bonchev–Trinajstić information content (AvgIpc) is 2.52. The Morgan fingerprint density at radius 2 is 1.91 bits per heavy atom. The van der Waals surface area contributed by atoms with Crippen LogP contribution in [0, 0.1) is 5.92 Å². The van der Waals surface area contributed by atoms with Gasteiger partial charge in [0.15, 0.2) is 0 Å². The Labute approximate surface area is 137 Å². The van der Waals surface area contributed by atoms with Crippen molar-refractivity contribution in [1.82, 2.24) is 10.2 Å². The molecule has 23 heavy (non-hydrogen) atoms. The van der Waals surface area contributed by atoms with Crippen molar-refractivity contribution in [1.29, 1.82) is 0 Å². The molecule has 0 spiro atoms. The van der Waals surface area contributed by atoms with Gasteiger partial charge in [-0.3, -0.25) is 4.79 Å². The van der Waals surface area contributed by atoms with Crippen molar-refractivity contribution in [2.24, 2.45) is 5.92 Å². The first-order valence-electron chi connectivity index (χ1n) is 8.30. The summed E-state index contributed by atoms with van der Waals surface area (Å²) in [4.78, 5) is 26.1. The molecule has 1 atom stereocenters. The predicted octanol–water partition coefficient (Wildman–Crippen LogP) is 1.17. The number of carbonyl (C=O) groups is 2. The Morgan fingerprint density at radius 1 is 1.22 bits per heavy atom. The highest BCUT2D eigenvalue weighted by Crippen LogP contribution is 2.19. The van der Waals surface area contributed by atoms with Gasteiger partial charge in [0.2, 0.25) is 5.91 Å². The molecule has 0 aliphatic carbocycles. The van der Waals surface area contributed by atoms with E-state index in [1.807, 2.05) is 25.7 Å². The van der Waals surface area contributed by atoms with Gasteiger partial charge in [-0.1, -0.05) is 0 Å². The number of hydrogen-bond acceptors (Lipinski definition) is 5. The molecule has 2 saturated heterocycles. The second kappa shape index (κ2) is 7.97. The van der Waals surface area contributed by atoms with E-state index in [1.165, 1.54) is 0 Å². The van der Waals surface area contributed by atoms with E-state index < -0.39 is 11.7 Å². The first-order chi connectivity index (χ1) is 10.8. The Balaban J connectivity index is 1.76. The maximum absolute atomic E-state index is 12.5. The second-order valence-corrected chi connectivity index (χ2v) is 7.05. The molecular formula is C16H28N2O5. The molecule has 2 rings (SSSR count). The number of alkyl carbamates (subject to hydrolysis) is 1. The molecule has 0 aromatic heterocycles. The number of morpholine rings is 1. The molecular weight excluding hydrogens is 300 g/mol. The fraction of sp³-hybridized carbons (Fsp3) is 0.875. The minimum absolute atomic E-state index is 0.0568. The summed E-state index contributed by atoms with van der Waals surface area (Å²) in [5.74, 6) is 0.236. The lowest BCUT2D eigenvalue weighted by atomic mass is 9.98.